The van der Waals surface area contributed by atoms with E-state index in [1.54, 1.807) is 12.1 Å². The summed E-state index contributed by atoms with van der Waals surface area (Å²) in [5.74, 6) is -0.0474. The number of alkyl halides is 3. The SMILES string of the molecule is CC(C)(NC(=O)c1cccc2c1OCCNC2)c1cnccc1C(F)(F)F. The van der Waals surface area contributed by atoms with E-state index in [0.29, 0.717) is 31.0 Å². The van der Waals surface area contributed by atoms with Crippen LogP contribution < -0.4 is 15.4 Å². The second-order valence-electron chi connectivity index (χ2n) is 6.82. The molecule has 2 N–H and O–H groups in total. The highest BCUT2D eigenvalue weighted by Gasteiger charge is 2.38. The Morgan fingerprint density at radius 1 is 1.22 bits per heavy atom. The zero-order valence-electron chi connectivity index (χ0n) is 15.0. The van der Waals surface area contributed by atoms with Crippen LogP contribution in [0.2, 0.25) is 0 Å². The van der Waals surface area contributed by atoms with E-state index < -0.39 is 23.2 Å². The minimum atomic E-state index is -4.54. The zero-order chi connectivity index (χ0) is 19.7. The Bertz CT molecular complexity index is 850. The van der Waals surface area contributed by atoms with Crippen LogP contribution in [0.5, 0.6) is 5.75 Å². The third-order valence-electron chi connectivity index (χ3n) is 4.41. The molecule has 1 aromatic heterocycles. The molecular formula is C19H20F3N3O2. The molecule has 0 spiro atoms. The fourth-order valence-corrected chi connectivity index (χ4v) is 3.08. The number of nitrogens with zero attached hydrogens (tertiary/aromatic N) is 1. The molecule has 8 heteroatoms. The minimum absolute atomic E-state index is 0.101. The molecule has 2 heterocycles. The number of pyridine rings is 1. The number of carbonyl (C=O) groups is 1. The second-order valence-corrected chi connectivity index (χ2v) is 6.82. The summed E-state index contributed by atoms with van der Waals surface area (Å²) < 4.78 is 45.7. The molecule has 3 rings (SSSR count). The maximum atomic E-state index is 13.3. The lowest BCUT2D eigenvalue weighted by molar-refractivity contribution is -0.138. The quantitative estimate of drug-likeness (QED) is 0.860. The van der Waals surface area contributed by atoms with Crippen LogP contribution in [0, 0.1) is 0 Å². The van der Waals surface area contributed by atoms with Gasteiger partial charge >= 0.3 is 6.18 Å². The molecular weight excluding hydrogens is 359 g/mol. The standard InChI is InChI=1S/C19H20F3N3O2/c1-18(2,15-11-23-7-6-14(15)19(20,21)22)25-17(26)13-5-3-4-12-10-24-8-9-27-16(12)13/h3-7,11,24H,8-10H2,1-2H3,(H,25,26). The van der Waals surface area contributed by atoms with Gasteiger partial charge in [-0.15, -0.1) is 0 Å². The molecule has 0 fully saturated rings. The second kappa shape index (κ2) is 7.19. The number of hydrogen-bond acceptors (Lipinski definition) is 4. The van der Waals surface area contributed by atoms with Crippen molar-refractivity contribution in [1.29, 1.82) is 0 Å². The summed E-state index contributed by atoms with van der Waals surface area (Å²) in [5, 5.41) is 5.87. The van der Waals surface area contributed by atoms with Crippen molar-refractivity contribution in [3.63, 3.8) is 0 Å². The van der Waals surface area contributed by atoms with Crippen molar-refractivity contribution in [3.8, 4) is 5.75 Å². The number of halogens is 3. The van der Waals surface area contributed by atoms with Crippen molar-refractivity contribution in [2.24, 2.45) is 0 Å². The number of rotatable bonds is 3. The van der Waals surface area contributed by atoms with Crippen LogP contribution in [0.1, 0.15) is 40.9 Å². The van der Waals surface area contributed by atoms with Gasteiger partial charge in [0.25, 0.3) is 5.91 Å². The van der Waals surface area contributed by atoms with Crippen molar-refractivity contribution in [2.45, 2.75) is 32.1 Å². The summed E-state index contributed by atoms with van der Waals surface area (Å²) in [4.78, 5) is 16.7. The summed E-state index contributed by atoms with van der Waals surface area (Å²) in [7, 11) is 0. The number of fused-ring (bicyclic) bond motifs is 1. The molecule has 1 amide bonds. The Morgan fingerprint density at radius 3 is 2.74 bits per heavy atom. The molecule has 27 heavy (non-hydrogen) atoms. The van der Waals surface area contributed by atoms with Crippen molar-refractivity contribution in [2.75, 3.05) is 13.2 Å². The zero-order valence-corrected chi connectivity index (χ0v) is 15.0. The summed E-state index contributed by atoms with van der Waals surface area (Å²) in [6.07, 6.45) is -2.32. The third-order valence-corrected chi connectivity index (χ3v) is 4.41. The van der Waals surface area contributed by atoms with Gasteiger partial charge in [-0.3, -0.25) is 9.78 Å². The first-order valence-electron chi connectivity index (χ1n) is 8.50. The molecule has 0 unspecified atom stereocenters. The van der Waals surface area contributed by atoms with Gasteiger partial charge in [-0.1, -0.05) is 12.1 Å². The summed E-state index contributed by atoms with van der Waals surface area (Å²) >= 11 is 0. The molecule has 0 atom stereocenters. The number of aromatic nitrogens is 1. The van der Waals surface area contributed by atoms with Gasteiger partial charge in [-0.25, -0.2) is 0 Å². The lowest BCUT2D eigenvalue weighted by atomic mass is 9.90. The van der Waals surface area contributed by atoms with Crippen LogP contribution in [0.4, 0.5) is 13.2 Å². The maximum Gasteiger partial charge on any atom is 0.416 e. The molecule has 0 radical (unpaired) electrons. The molecule has 0 saturated carbocycles. The molecule has 2 aromatic rings. The molecule has 1 aromatic carbocycles. The first-order chi connectivity index (χ1) is 12.7. The van der Waals surface area contributed by atoms with E-state index in [2.05, 4.69) is 15.6 Å². The number of ether oxygens (including phenoxy) is 1. The van der Waals surface area contributed by atoms with Gasteiger partial charge in [-0.05, 0) is 26.0 Å². The van der Waals surface area contributed by atoms with Gasteiger partial charge < -0.3 is 15.4 Å². The Hall–Kier alpha value is -2.61. The monoisotopic (exact) mass is 379 g/mol. The largest absolute Gasteiger partial charge is 0.491 e. The molecule has 144 valence electrons. The highest BCUT2D eigenvalue weighted by atomic mass is 19.4. The fraction of sp³-hybridized carbons (Fsp3) is 0.368. The lowest BCUT2D eigenvalue weighted by Crippen LogP contribution is -2.42. The number of benzene rings is 1. The van der Waals surface area contributed by atoms with Gasteiger partial charge in [0, 0.05) is 36.6 Å². The highest BCUT2D eigenvalue weighted by Crippen LogP contribution is 2.36. The molecule has 1 aliphatic rings. The first-order valence-corrected chi connectivity index (χ1v) is 8.50. The van der Waals surface area contributed by atoms with E-state index in [9.17, 15) is 18.0 Å². The average molecular weight is 379 g/mol. The fourth-order valence-electron chi connectivity index (χ4n) is 3.08. The van der Waals surface area contributed by atoms with Gasteiger partial charge in [-0.2, -0.15) is 13.2 Å². The lowest BCUT2D eigenvalue weighted by Gasteiger charge is -2.29. The van der Waals surface area contributed by atoms with Crippen LogP contribution in [0.25, 0.3) is 0 Å². The van der Waals surface area contributed by atoms with Crippen LogP contribution >= 0.6 is 0 Å². The van der Waals surface area contributed by atoms with Crippen molar-refractivity contribution >= 4 is 5.91 Å². The smallest absolute Gasteiger partial charge is 0.416 e. The molecule has 0 aliphatic carbocycles. The van der Waals surface area contributed by atoms with Crippen molar-refractivity contribution in [1.82, 2.24) is 15.6 Å². The number of hydrogen-bond donors (Lipinski definition) is 2. The first kappa shape index (κ1) is 19.2. The average Bonchev–Trinajstić information content (AvgIpc) is 2.86. The molecule has 0 saturated heterocycles. The summed E-state index contributed by atoms with van der Waals surface area (Å²) in [6, 6.07) is 6.08. The van der Waals surface area contributed by atoms with Gasteiger partial charge in [0.1, 0.15) is 12.4 Å². The predicted octanol–water partition coefficient (Wildman–Crippen LogP) is 3.25. The Kier molecular flexibility index (Phi) is 5.10. The Balaban J connectivity index is 1.93. The van der Waals surface area contributed by atoms with Gasteiger partial charge in [0.15, 0.2) is 0 Å². The highest BCUT2D eigenvalue weighted by molar-refractivity contribution is 5.98. The van der Waals surface area contributed by atoms with Gasteiger partial charge in [0.2, 0.25) is 0 Å². The van der Waals surface area contributed by atoms with Crippen LogP contribution in [0.15, 0.2) is 36.7 Å². The number of para-hydroxylation sites is 1. The normalized spacial score (nSPS) is 14.7. The topological polar surface area (TPSA) is 63.2 Å². The predicted molar refractivity (Wildman–Crippen MR) is 93.4 cm³/mol. The number of carbonyl (C=O) groups excluding carboxylic acids is 1. The Labute approximate surface area is 154 Å². The maximum absolute atomic E-state index is 13.3. The van der Waals surface area contributed by atoms with E-state index in [1.807, 2.05) is 6.07 Å². The van der Waals surface area contributed by atoms with E-state index in [0.717, 1.165) is 24.0 Å². The van der Waals surface area contributed by atoms with E-state index in [1.165, 1.54) is 13.8 Å². The van der Waals surface area contributed by atoms with Gasteiger partial charge in [0.05, 0.1) is 16.7 Å². The van der Waals surface area contributed by atoms with E-state index in [4.69, 9.17) is 4.74 Å². The van der Waals surface area contributed by atoms with Crippen molar-refractivity contribution in [3.05, 3.63) is 58.9 Å². The number of amides is 1. The summed E-state index contributed by atoms with van der Waals surface area (Å²) in [6.45, 7) is 4.64. The van der Waals surface area contributed by atoms with Crippen LogP contribution in [-0.4, -0.2) is 24.0 Å². The molecule has 1 aliphatic heterocycles. The van der Waals surface area contributed by atoms with E-state index >= 15 is 0 Å². The minimum Gasteiger partial charge on any atom is -0.491 e. The molecule has 0 bridgehead atoms. The summed E-state index contributed by atoms with van der Waals surface area (Å²) in [5.41, 5.74) is -1.09. The Morgan fingerprint density at radius 2 is 2.00 bits per heavy atom. The van der Waals surface area contributed by atoms with E-state index in [-0.39, 0.29) is 5.56 Å². The van der Waals surface area contributed by atoms with Crippen molar-refractivity contribution < 1.29 is 22.7 Å². The van der Waals surface area contributed by atoms with Crippen LogP contribution in [-0.2, 0) is 18.3 Å². The van der Waals surface area contributed by atoms with Crippen LogP contribution in [0.3, 0.4) is 0 Å². The number of nitrogens with one attached hydrogen (secondary N) is 2. The molecule has 5 nitrogen and oxygen atoms in total. The third kappa shape index (κ3) is 4.05.